The molecule has 7 heteroatoms. The molecule has 1 unspecified atom stereocenters. The predicted octanol–water partition coefficient (Wildman–Crippen LogP) is 4.46. The van der Waals surface area contributed by atoms with E-state index in [-0.39, 0.29) is 17.4 Å². The quantitative estimate of drug-likeness (QED) is 0.546. The SMILES string of the molecule is CCCN1C(=O)c2[nH]nc(-c3cc(C)cc(C)c3O)c2C1c1ccc(O)c(OCC)c1. The van der Waals surface area contributed by atoms with E-state index in [2.05, 4.69) is 10.2 Å². The van der Waals surface area contributed by atoms with Gasteiger partial charge in [0, 0.05) is 17.7 Å². The fourth-order valence-corrected chi connectivity index (χ4v) is 4.33. The predicted molar refractivity (Wildman–Crippen MR) is 118 cm³/mol. The first-order valence-electron chi connectivity index (χ1n) is 10.5. The zero-order valence-corrected chi connectivity index (χ0v) is 18.2. The summed E-state index contributed by atoms with van der Waals surface area (Å²) in [7, 11) is 0. The molecule has 7 nitrogen and oxygen atoms in total. The molecule has 1 amide bonds. The molecule has 0 saturated heterocycles. The number of hydrogen-bond acceptors (Lipinski definition) is 5. The van der Waals surface area contributed by atoms with E-state index in [0.29, 0.717) is 35.9 Å². The van der Waals surface area contributed by atoms with Crippen molar-refractivity contribution in [1.82, 2.24) is 15.1 Å². The number of nitrogens with zero attached hydrogens (tertiary/aromatic N) is 2. The summed E-state index contributed by atoms with van der Waals surface area (Å²) in [5.74, 6) is 0.449. The van der Waals surface area contributed by atoms with E-state index in [1.807, 2.05) is 39.8 Å². The van der Waals surface area contributed by atoms with Crippen molar-refractivity contribution in [2.24, 2.45) is 0 Å². The lowest BCUT2D eigenvalue weighted by Crippen LogP contribution is -2.30. The van der Waals surface area contributed by atoms with E-state index in [1.54, 1.807) is 23.1 Å². The second-order valence-electron chi connectivity index (χ2n) is 7.90. The summed E-state index contributed by atoms with van der Waals surface area (Å²) in [5.41, 5.74) is 4.87. The van der Waals surface area contributed by atoms with E-state index in [0.717, 1.165) is 28.7 Å². The summed E-state index contributed by atoms with van der Waals surface area (Å²) in [6.45, 7) is 8.66. The maximum Gasteiger partial charge on any atom is 0.273 e. The number of amides is 1. The number of fused-ring (bicyclic) bond motifs is 1. The number of nitrogens with one attached hydrogen (secondary N) is 1. The fraction of sp³-hybridized carbons (Fsp3) is 0.333. The van der Waals surface area contributed by atoms with Crippen molar-refractivity contribution >= 4 is 5.91 Å². The molecule has 162 valence electrons. The Kier molecular flexibility index (Phi) is 5.35. The number of carbonyl (C=O) groups is 1. The van der Waals surface area contributed by atoms with Gasteiger partial charge in [-0.2, -0.15) is 5.10 Å². The van der Waals surface area contributed by atoms with Crippen molar-refractivity contribution in [3.05, 3.63) is 58.3 Å². The van der Waals surface area contributed by atoms with Gasteiger partial charge in [-0.3, -0.25) is 9.89 Å². The molecule has 0 fully saturated rings. The lowest BCUT2D eigenvalue weighted by molar-refractivity contribution is 0.0743. The van der Waals surface area contributed by atoms with Gasteiger partial charge >= 0.3 is 0 Å². The topological polar surface area (TPSA) is 98.7 Å². The summed E-state index contributed by atoms with van der Waals surface area (Å²) in [6, 6.07) is 8.53. The van der Waals surface area contributed by atoms with Crippen LogP contribution in [0.2, 0.25) is 0 Å². The molecule has 31 heavy (non-hydrogen) atoms. The molecule has 0 spiro atoms. The largest absolute Gasteiger partial charge is 0.507 e. The number of aromatic nitrogens is 2. The number of rotatable bonds is 6. The van der Waals surface area contributed by atoms with Gasteiger partial charge in [-0.05, 0) is 62.1 Å². The van der Waals surface area contributed by atoms with Gasteiger partial charge in [0.25, 0.3) is 5.91 Å². The van der Waals surface area contributed by atoms with Crippen LogP contribution in [0.3, 0.4) is 0 Å². The summed E-state index contributed by atoms with van der Waals surface area (Å²) >= 11 is 0. The van der Waals surface area contributed by atoms with E-state index >= 15 is 0 Å². The number of hydrogen-bond donors (Lipinski definition) is 3. The lowest BCUT2D eigenvalue weighted by Gasteiger charge is -2.26. The molecule has 3 aromatic rings. The highest BCUT2D eigenvalue weighted by molar-refractivity contribution is 6.00. The molecular formula is C24H27N3O4. The van der Waals surface area contributed by atoms with Crippen LogP contribution in [0.1, 0.15) is 59.1 Å². The fourth-order valence-electron chi connectivity index (χ4n) is 4.33. The zero-order chi connectivity index (χ0) is 22.3. The van der Waals surface area contributed by atoms with Crippen LogP contribution in [0.5, 0.6) is 17.2 Å². The van der Waals surface area contributed by atoms with E-state index in [4.69, 9.17) is 4.74 Å². The Bertz CT molecular complexity index is 1150. The van der Waals surface area contributed by atoms with Crippen molar-refractivity contribution in [2.75, 3.05) is 13.2 Å². The van der Waals surface area contributed by atoms with Crippen molar-refractivity contribution in [3.8, 4) is 28.5 Å². The number of carbonyl (C=O) groups excluding carboxylic acids is 1. The summed E-state index contributed by atoms with van der Waals surface area (Å²) in [4.78, 5) is 15.0. The number of phenols is 2. The molecule has 0 bridgehead atoms. The molecule has 1 aliphatic heterocycles. The summed E-state index contributed by atoms with van der Waals surface area (Å²) < 4.78 is 5.58. The first-order chi connectivity index (χ1) is 14.9. The summed E-state index contributed by atoms with van der Waals surface area (Å²) in [5, 5.41) is 28.3. The monoisotopic (exact) mass is 421 g/mol. The average Bonchev–Trinajstić information content (AvgIpc) is 3.27. The van der Waals surface area contributed by atoms with Crippen LogP contribution in [0.15, 0.2) is 30.3 Å². The zero-order valence-electron chi connectivity index (χ0n) is 18.2. The van der Waals surface area contributed by atoms with Gasteiger partial charge in [0.1, 0.15) is 17.1 Å². The van der Waals surface area contributed by atoms with Crippen molar-refractivity contribution < 1.29 is 19.7 Å². The molecular weight excluding hydrogens is 394 g/mol. The first kappa shape index (κ1) is 20.8. The van der Waals surface area contributed by atoms with Gasteiger partial charge in [-0.25, -0.2) is 0 Å². The standard InChI is InChI=1S/C24H27N3O4/c1-5-9-27-22(15-7-8-17(28)18(12-15)31-6-2)19-20(25-26-21(19)24(27)30)16-11-13(3)10-14(4)23(16)29/h7-8,10-12,22,28-29H,5-6,9H2,1-4H3,(H,25,26). The van der Waals surface area contributed by atoms with Gasteiger partial charge in [0.05, 0.1) is 12.6 Å². The molecule has 3 N–H and O–H groups in total. The third-order valence-electron chi connectivity index (χ3n) is 5.63. The normalized spacial score (nSPS) is 15.4. The number of aromatic hydroxyl groups is 2. The Morgan fingerprint density at radius 1 is 1.16 bits per heavy atom. The second-order valence-corrected chi connectivity index (χ2v) is 7.90. The van der Waals surface area contributed by atoms with Crippen LogP contribution >= 0.6 is 0 Å². The minimum Gasteiger partial charge on any atom is -0.507 e. The average molecular weight is 421 g/mol. The highest BCUT2D eigenvalue weighted by atomic mass is 16.5. The van der Waals surface area contributed by atoms with Crippen LogP contribution in [0, 0.1) is 13.8 Å². The van der Waals surface area contributed by atoms with Gasteiger partial charge in [0.2, 0.25) is 0 Å². The van der Waals surface area contributed by atoms with E-state index < -0.39 is 6.04 Å². The smallest absolute Gasteiger partial charge is 0.273 e. The second kappa shape index (κ2) is 7.98. The van der Waals surface area contributed by atoms with E-state index in [9.17, 15) is 15.0 Å². The highest BCUT2D eigenvalue weighted by Gasteiger charge is 2.42. The molecule has 4 rings (SSSR count). The molecule has 2 heterocycles. The van der Waals surface area contributed by atoms with Gasteiger partial charge in [-0.15, -0.1) is 0 Å². The molecule has 0 radical (unpaired) electrons. The number of H-pyrrole nitrogens is 1. The first-order valence-corrected chi connectivity index (χ1v) is 10.5. The molecule has 1 atom stereocenters. The van der Waals surface area contributed by atoms with Crippen LogP contribution in [0.4, 0.5) is 0 Å². The molecule has 1 aromatic heterocycles. The Morgan fingerprint density at radius 2 is 1.94 bits per heavy atom. The minimum absolute atomic E-state index is 0.0524. The Morgan fingerprint density at radius 3 is 2.65 bits per heavy atom. The van der Waals surface area contributed by atoms with Gasteiger partial charge in [0.15, 0.2) is 11.5 Å². The van der Waals surface area contributed by atoms with Gasteiger partial charge < -0.3 is 19.8 Å². The van der Waals surface area contributed by atoms with Crippen molar-refractivity contribution in [1.29, 1.82) is 0 Å². The third-order valence-corrected chi connectivity index (χ3v) is 5.63. The number of benzene rings is 2. The van der Waals surface area contributed by atoms with Gasteiger partial charge in [-0.1, -0.05) is 19.1 Å². The lowest BCUT2D eigenvalue weighted by atomic mass is 9.94. The number of ether oxygens (including phenoxy) is 1. The summed E-state index contributed by atoms with van der Waals surface area (Å²) in [6.07, 6.45) is 0.792. The Hall–Kier alpha value is -3.48. The highest BCUT2D eigenvalue weighted by Crippen LogP contribution is 2.46. The van der Waals surface area contributed by atoms with Crippen molar-refractivity contribution in [2.45, 2.75) is 40.2 Å². The number of aryl methyl sites for hydroxylation is 2. The molecule has 0 aliphatic carbocycles. The van der Waals surface area contributed by atoms with E-state index in [1.165, 1.54) is 0 Å². The van der Waals surface area contributed by atoms with Crippen LogP contribution in [0.25, 0.3) is 11.3 Å². The Balaban J connectivity index is 1.93. The molecule has 2 aromatic carbocycles. The Labute approximate surface area is 181 Å². The number of aromatic amines is 1. The third kappa shape index (κ3) is 3.40. The van der Waals surface area contributed by atoms with Crippen molar-refractivity contribution in [3.63, 3.8) is 0 Å². The van der Waals surface area contributed by atoms with Crippen LogP contribution < -0.4 is 4.74 Å². The maximum atomic E-state index is 13.2. The maximum absolute atomic E-state index is 13.2. The number of phenolic OH excluding ortho intramolecular Hbond substituents is 2. The minimum atomic E-state index is -0.406. The van der Waals surface area contributed by atoms with Crippen LogP contribution in [-0.4, -0.2) is 44.4 Å². The molecule has 1 aliphatic rings. The van der Waals surface area contributed by atoms with Crippen LogP contribution in [-0.2, 0) is 0 Å². The molecule has 0 saturated carbocycles.